The monoisotopic (exact) mass is 294 g/mol. The Labute approximate surface area is 126 Å². The second-order valence-electron chi connectivity index (χ2n) is 4.39. The number of carbonyl (C=O) groups is 1. The Bertz CT molecular complexity index is 438. The molecule has 1 aliphatic carbocycles. The summed E-state index contributed by atoms with van der Waals surface area (Å²) in [5.41, 5.74) is 0.873. The number of benzene rings is 1. The predicted molar refractivity (Wildman–Crippen MR) is 83.4 cm³/mol. The molecule has 0 radical (unpaired) electrons. The van der Waals surface area contributed by atoms with Gasteiger partial charge < -0.3 is 9.47 Å². The van der Waals surface area contributed by atoms with E-state index < -0.39 is 0 Å². The molecular formula is C16H22O3S. The van der Waals surface area contributed by atoms with E-state index in [1.165, 1.54) is 6.42 Å². The van der Waals surface area contributed by atoms with Gasteiger partial charge in [-0.05, 0) is 56.9 Å². The summed E-state index contributed by atoms with van der Waals surface area (Å²) < 4.78 is 9.81. The van der Waals surface area contributed by atoms with Crippen molar-refractivity contribution in [3.63, 3.8) is 0 Å². The lowest BCUT2D eigenvalue weighted by atomic mass is 10.00. The molecule has 0 saturated carbocycles. The molecule has 110 valence electrons. The van der Waals surface area contributed by atoms with Crippen LogP contribution in [0.2, 0.25) is 0 Å². The van der Waals surface area contributed by atoms with E-state index in [1.54, 1.807) is 7.11 Å². The highest BCUT2D eigenvalue weighted by Crippen LogP contribution is 2.18. The fourth-order valence-electron chi connectivity index (χ4n) is 1.83. The van der Waals surface area contributed by atoms with Crippen LogP contribution < -0.4 is 4.74 Å². The molecule has 0 N–H and O–H groups in total. The Morgan fingerprint density at radius 2 is 1.95 bits per heavy atom. The van der Waals surface area contributed by atoms with Crippen LogP contribution >= 0.6 is 12.6 Å². The highest BCUT2D eigenvalue weighted by molar-refractivity contribution is 7.80. The lowest BCUT2D eigenvalue weighted by molar-refractivity contribution is -0.138. The smallest absolute Gasteiger partial charge is 0.333 e. The van der Waals surface area contributed by atoms with Crippen molar-refractivity contribution < 1.29 is 14.3 Å². The molecule has 0 aromatic heterocycles. The van der Waals surface area contributed by atoms with Gasteiger partial charge in [-0.2, -0.15) is 0 Å². The Hall–Kier alpha value is -1.42. The van der Waals surface area contributed by atoms with Gasteiger partial charge in [-0.25, -0.2) is 4.79 Å². The number of allylic oxidation sites excluding steroid dienone is 1. The molecule has 0 amide bonds. The lowest BCUT2D eigenvalue weighted by Crippen LogP contribution is -2.09. The average Bonchev–Trinajstić information content (AvgIpc) is 2.50. The molecule has 0 unspecified atom stereocenters. The maximum Gasteiger partial charge on any atom is 0.333 e. The lowest BCUT2D eigenvalue weighted by Gasteiger charge is -2.10. The molecule has 2 rings (SSSR count). The zero-order valence-corrected chi connectivity index (χ0v) is 13.0. The number of thiol groups is 1. The van der Waals surface area contributed by atoms with Gasteiger partial charge in [-0.3, -0.25) is 0 Å². The minimum absolute atomic E-state index is 0.118. The fraction of sp³-hybridized carbons (Fsp3) is 0.438. The van der Waals surface area contributed by atoms with Crippen LogP contribution in [-0.2, 0) is 9.53 Å². The van der Waals surface area contributed by atoms with Gasteiger partial charge in [0.15, 0.2) is 0 Å². The summed E-state index contributed by atoms with van der Waals surface area (Å²) in [7, 11) is 1.65. The molecular weight excluding hydrogens is 272 g/mol. The van der Waals surface area contributed by atoms with Gasteiger partial charge in [0.1, 0.15) is 5.75 Å². The van der Waals surface area contributed by atoms with E-state index >= 15 is 0 Å². The third-order valence-electron chi connectivity index (χ3n) is 2.90. The van der Waals surface area contributed by atoms with Crippen LogP contribution in [0.1, 0.15) is 32.6 Å². The Kier molecular flexibility index (Phi) is 7.88. The third kappa shape index (κ3) is 6.15. The first-order valence-corrected chi connectivity index (χ1v) is 7.31. The van der Waals surface area contributed by atoms with Crippen molar-refractivity contribution in [1.29, 1.82) is 0 Å². The van der Waals surface area contributed by atoms with Crippen LogP contribution in [0.5, 0.6) is 5.75 Å². The quantitative estimate of drug-likeness (QED) is 0.675. The summed E-state index contributed by atoms with van der Waals surface area (Å²) in [6.07, 6.45) is 6.28. The van der Waals surface area contributed by atoms with E-state index in [9.17, 15) is 4.79 Å². The first kappa shape index (κ1) is 16.6. The summed E-state index contributed by atoms with van der Waals surface area (Å²) in [6.45, 7) is 2.32. The Morgan fingerprint density at radius 3 is 2.45 bits per heavy atom. The molecule has 0 atom stereocenters. The zero-order valence-electron chi connectivity index (χ0n) is 12.1. The van der Waals surface area contributed by atoms with Crippen LogP contribution in [0.15, 0.2) is 40.8 Å². The van der Waals surface area contributed by atoms with Crippen molar-refractivity contribution in [1.82, 2.24) is 0 Å². The molecule has 0 saturated heterocycles. The molecule has 0 aliphatic heterocycles. The fourth-order valence-corrected chi connectivity index (χ4v) is 1.98. The number of ether oxygens (including phenoxy) is 2. The third-order valence-corrected chi connectivity index (χ3v) is 3.20. The molecule has 1 aromatic rings. The SMILES string of the molecule is CCOC(=O)C1=CCCCC1.COc1ccc(S)cc1. The van der Waals surface area contributed by atoms with Gasteiger partial charge in [0.2, 0.25) is 0 Å². The van der Waals surface area contributed by atoms with Gasteiger partial charge in [-0.1, -0.05) is 6.08 Å². The second kappa shape index (κ2) is 9.48. The predicted octanol–water partition coefficient (Wildman–Crippen LogP) is 4.03. The van der Waals surface area contributed by atoms with Crippen LogP contribution in [0.3, 0.4) is 0 Å². The summed E-state index contributed by atoms with van der Waals surface area (Å²) in [5.74, 6) is 0.750. The maximum atomic E-state index is 11.1. The highest BCUT2D eigenvalue weighted by Gasteiger charge is 2.12. The highest BCUT2D eigenvalue weighted by atomic mass is 32.1. The van der Waals surface area contributed by atoms with Crippen molar-refractivity contribution in [2.24, 2.45) is 0 Å². The van der Waals surface area contributed by atoms with Crippen molar-refractivity contribution >= 4 is 18.6 Å². The normalized spacial score (nSPS) is 13.7. The van der Waals surface area contributed by atoms with Crippen LogP contribution in [0, 0.1) is 0 Å². The van der Waals surface area contributed by atoms with Crippen molar-refractivity contribution in [2.75, 3.05) is 13.7 Å². The summed E-state index contributed by atoms with van der Waals surface area (Å²) in [4.78, 5) is 12.1. The van der Waals surface area contributed by atoms with E-state index in [0.717, 1.165) is 35.5 Å². The minimum Gasteiger partial charge on any atom is -0.497 e. The summed E-state index contributed by atoms with van der Waals surface area (Å²) >= 11 is 4.11. The van der Waals surface area contributed by atoms with E-state index in [1.807, 2.05) is 37.3 Å². The van der Waals surface area contributed by atoms with E-state index in [4.69, 9.17) is 9.47 Å². The maximum absolute atomic E-state index is 11.1. The number of rotatable bonds is 3. The van der Waals surface area contributed by atoms with Crippen molar-refractivity contribution in [3.8, 4) is 5.75 Å². The molecule has 1 aliphatic rings. The number of hydrogen-bond acceptors (Lipinski definition) is 4. The molecule has 0 fully saturated rings. The van der Waals surface area contributed by atoms with E-state index in [2.05, 4.69) is 12.6 Å². The van der Waals surface area contributed by atoms with E-state index in [0.29, 0.717) is 6.61 Å². The number of hydrogen-bond donors (Lipinski definition) is 1. The van der Waals surface area contributed by atoms with Crippen molar-refractivity contribution in [2.45, 2.75) is 37.5 Å². The topological polar surface area (TPSA) is 35.5 Å². The van der Waals surface area contributed by atoms with Crippen LogP contribution in [-0.4, -0.2) is 19.7 Å². The van der Waals surface area contributed by atoms with Crippen molar-refractivity contribution in [3.05, 3.63) is 35.9 Å². The van der Waals surface area contributed by atoms with Gasteiger partial charge >= 0.3 is 5.97 Å². The standard InChI is InChI=1S/C9H14O2.C7H8OS/c1-2-11-9(10)8-6-4-3-5-7-8;1-8-6-2-4-7(9)5-3-6/h6H,2-5,7H2,1H3;2-5,9H,1H3. The molecule has 0 spiro atoms. The van der Waals surface area contributed by atoms with Gasteiger partial charge in [0, 0.05) is 10.5 Å². The Balaban J connectivity index is 0.000000204. The average molecular weight is 294 g/mol. The molecule has 3 nitrogen and oxygen atoms in total. The summed E-state index contributed by atoms with van der Waals surface area (Å²) in [6, 6.07) is 7.54. The van der Waals surface area contributed by atoms with Gasteiger partial charge in [0.25, 0.3) is 0 Å². The number of carbonyl (C=O) groups excluding carboxylic acids is 1. The van der Waals surface area contributed by atoms with Crippen LogP contribution in [0.4, 0.5) is 0 Å². The first-order valence-electron chi connectivity index (χ1n) is 6.86. The molecule has 20 heavy (non-hydrogen) atoms. The van der Waals surface area contributed by atoms with Gasteiger partial charge in [-0.15, -0.1) is 12.6 Å². The zero-order chi connectivity index (χ0) is 14.8. The first-order chi connectivity index (χ1) is 9.67. The number of methoxy groups -OCH3 is 1. The molecule has 0 heterocycles. The number of esters is 1. The van der Waals surface area contributed by atoms with E-state index in [-0.39, 0.29) is 5.97 Å². The molecule has 0 bridgehead atoms. The summed E-state index contributed by atoms with van der Waals surface area (Å²) in [5, 5.41) is 0. The van der Waals surface area contributed by atoms with Gasteiger partial charge in [0.05, 0.1) is 13.7 Å². The van der Waals surface area contributed by atoms with Crippen LogP contribution in [0.25, 0.3) is 0 Å². The Morgan fingerprint density at radius 1 is 1.25 bits per heavy atom. The second-order valence-corrected chi connectivity index (χ2v) is 4.91. The minimum atomic E-state index is -0.118. The molecule has 1 aromatic carbocycles. The molecule has 4 heteroatoms. The largest absolute Gasteiger partial charge is 0.497 e.